The molecule has 0 radical (unpaired) electrons. The number of amides is 11. The van der Waals surface area contributed by atoms with Crippen LogP contribution in [0.5, 0.6) is 0 Å². The fourth-order valence-electron chi connectivity index (χ4n) is 14.1. The van der Waals surface area contributed by atoms with Gasteiger partial charge < -0.3 is 56.1 Å². The molecule has 9 rings (SSSR count). The van der Waals surface area contributed by atoms with Gasteiger partial charge in [0, 0.05) is 74.3 Å². The number of likely N-dealkylation sites (N-methyl/N-ethyl adjacent to an activating group) is 2. The molecule has 9 unspecified atom stereocenters. The summed E-state index contributed by atoms with van der Waals surface area (Å²) in [6, 6.07) is 18.9. The van der Waals surface area contributed by atoms with Crippen LogP contribution in [0.4, 0.5) is 15.3 Å². The minimum Gasteiger partial charge on any atom is -0.444 e. The van der Waals surface area contributed by atoms with Crippen LogP contribution in [0.3, 0.4) is 0 Å². The molecule has 25 heteroatoms. The van der Waals surface area contributed by atoms with Crippen LogP contribution in [0.25, 0.3) is 0 Å². The number of carbonyl (C=O) groups is 11. The molecule has 2 aliphatic carbocycles. The number of hydrogen-bond acceptors (Lipinski definition) is 14. The van der Waals surface area contributed by atoms with Crippen molar-refractivity contribution < 1.29 is 62.2 Å². The van der Waals surface area contributed by atoms with Gasteiger partial charge >= 0.3 is 12.2 Å². The van der Waals surface area contributed by atoms with Crippen molar-refractivity contribution in [3.63, 3.8) is 0 Å². The average Bonchev–Trinajstić information content (AvgIpc) is 1.17. The van der Waals surface area contributed by atoms with Gasteiger partial charge in [-0.2, -0.15) is 0 Å². The van der Waals surface area contributed by atoms with E-state index in [4.69, 9.17) is 9.47 Å². The van der Waals surface area contributed by atoms with Crippen molar-refractivity contribution in [1.82, 2.24) is 51.1 Å². The zero-order valence-corrected chi connectivity index (χ0v) is 63.9. The largest absolute Gasteiger partial charge is 0.444 e. The zero-order valence-electron chi connectivity index (χ0n) is 63.1. The summed E-state index contributed by atoms with van der Waals surface area (Å²) >= 11 is 1.22. The van der Waals surface area contributed by atoms with Gasteiger partial charge in [-0.3, -0.25) is 53.0 Å². The van der Waals surface area contributed by atoms with Crippen LogP contribution in [0.15, 0.2) is 91.0 Å². The molecule has 0 bridgehead atoms. The minimum atomic E-state index is -1.35. The van der Waals surface area contributed by atoms with Crippen molar-refractivity contribution in [2.75, 3.05) is 44.8 Å². The van der Waals surface area contributed by atoms with E-state index in [0.717, 1.165) is 82.6 Å². The molecule has 562 valence electrons. The number of benzene rings is 4. The number of carbonyl (C=O) groups excluding carboxylic acids is 11. The number of hydrogen-bond donors (Lipinski definition) is 6. The molecule has 9 atom stereocenters. The predicted octanol–water partition coefficient (Wildman–Crippen LogP) is 9.33. The number of aryl methyl sites for hydroxylation is 2. The number of anilines is 1. The molecule has 104 heavy (non-hydrogen) atoms. The quantitative estimate of drug-likeness (QED) is 0.0481. The number of thioether (sulfide) groups is 1. The third-order valence-electron chi connectivity index (χ3n) is 20.4. The lowest BCUT2D eigenvalue weighted by Crippen LogP contribution is -2.64. The Morgan fingerprint density at radius 1 is 0.548 bits per heavy atom. The standard InChI is InChI=1S/C79H107N11O13S/c1-47(86(14)74(100)102-77(6,7)8)66(92)84-64(76(3,4)5)72(98)90-45-56(43-62(90)71(97)83-60-32-24-28-50-26-18-20-30-58(50)60)81-69(95)52-35-33-51(34-36-52)68(94)80-55-38-37-53-42-61(70(96)82-59-31-23-27-49-25-17-19-29-57(49)59)89(44-54(53)41-55)73(99)65(79(12,13)104-46-63(91)88-39-21-16-22-40-88)85-67(93)48(2)87(15)75(101)103-78(9,10)11/h17-20,25-26,29-30,33-38,41,47-48,56,59-62,64-65H,16,21-24,27-28,31-32,39-40,42-46H2,1-15H3,(H,80,94)(H,81,95)(H,82,96)(H,83,97)(H,84,92)(H,85,93). The zero-order chi connectivity index (χ0) is 75.9. The summed E-state index contributed by atoms with van der Waals surface area (Å²) in [4.78, 5) is 165. The summed E-state index contributed by atoms with van der Waals surface area (Å²) in [5.41, 5.74) is 3.77. The molecule has 4 aromatic carbocycles. The van der Waals surface area contributed by atoms with Crippen LogP contribution >= 0.6 is 11.8 Å². The molecular weight excluding hydrogens is 1340 g/mol. The summed E-state index contributed by atoms with van der Waals surface area (Å²) in [5.74, 6) is -4.38. The van der Waals surface area contributed by atoms with E-state index in [1.165, 1.54) is 73.8 Å². The summed E-state index contributed by atoms with van der Waals surface area (Å²) in [5, 5.41) is 18.4. The lowest BCUT2D eigenvalue weighted by molar-refractivity contribution is -0.145. The van der Waals surface area contributed by atoms with Gasteiger partial charge in [0.25, 0.3) is 11.8 Å². The van der Waals surface area contributed by atoms with Crippen molar-refractivity contribution in [3.05, 3.63) is 136 Å². The molecule has 2 fully saturated rings. The van der Waals surface area contributed by atoms with Gasteiger partial charge in [0.2, 0.25) is 41.4 Å². The highest BCUT2D eigenvalue weighted by Crippen LogP contribution is 2.37. The van der Waals surface area contributed by atoms with E-state index in [0.29, 0.717) is 37.2 Å². The Morgan fingerprint density at radius 3 is 1.56 bits per heavy atom. The Bertz CT molecular complexity index is 3870. The second-order valence-electron chi connectivity index (χ2n) is 32.0. The van der Waals surface area contributed by atoms with E-state index in [1.807, 2.05) is 53.4 Å². The molecule has 0 spiro atoms. The van der Waals surface area contributed by atoms with Gasteiger partial charge in [0.1, 0.15) is 47.5 Å². The van der Waals surface area contributed by atoms with E-state index >= 15 is 14.4 Å². The maximum Gasteiger partial charge on any atom is 0.410 e. The molecular formula is C79H107N11O13S. The van der Waals surface area contributed by atoms with Crippen molar-refractivity contribution in [3.8, 4) is 0 Å². The SMILES string of the molecule is CC(C(=O)NC(C(=O)N1CC(NC(=O)c2ccc(C(=O)Nc3ccc4c(c3)CN(C(=O)C(NC(=O)C(C)N(C)C(=O)OC(C)(C)C)C(C)(C)SCC(=O)N3CCCCC3)C(C(=O)NC3CCCc5ccccc53)C4)cc2)CC1C(=O)NC1CCCc2ccccc21)C(C)(C)C)N(C)C(=O)OC(C)(C)C. The van der Waals surface area contributed by atoms with Crippen LogP contribution in [0.2, 0.25) is 0 Å². The van der Waals surface area contributed by atoms with E-state index in [2.05, 4.69) is 38.0 Å². The third kappa shape index (κ3) is 19.7. The highest BCUT2D eigenvalue weighted by Gasteiger charge is 2.49. The van der Waals surface area contributed by atoms with Gasteiger partial charge in [-0.15, -0.1) is 11.8 Å². The molecule has 2 saturated heterocycles. The van der Waals surface area contributed by atoms with Crippen molar-refractivity contribution in [2.45, 2.75) is 238 Å². The number of fused-ring (bicyclic) bond motifs is 3. The average molecular weight is 1450 g/mol. The summed E-state index contributed by atoms with van der Waals surface area (Å²) in [6.07, 6.45) is 6.20. The highest BCUT2D eigenvalue weighted by molar-refractivity contribution is 8.01. The van der Waals surface area contributed by atoms with E-state index < -0.39 is 123 Å². The van der Waals surface area contributed by atoms with Gasteiger partial charge in [-0.1, -0.05) is 75.4 Å². The Morgan fingerprint density at radius 2 is 1.04 bits per heavy atom. The maximum atomic E-state index is 15.9. The summed E-state index contributed by atoms with van der Waals surface area (Å²) in [6.45, 7) is 23.3. The second kappa shape index (κ2) is 33.0. The normalized spacial score (nSPS) is 20.1. The van der Waals surface area contributed by atoms with Crippen LogP contribution in [-0.2, 0) is 68.8 Å². The lowest BCUT2D eigenvalue weighted by atomic mass is 9.85. The first-order chi connectivity index (χ1) is 48.9. The Balaban J connectivity index is 0.938. The maximum absolute atomic E-state index is 15.9. The first kappa shape index (κ1) is 79.1. The Hall–Kier alpha value is -9.00. The van der Waals surface area contributed by atoms with Crippen LogP contribution in [-0.4, -0.2) is 188 Å². The molecule has 6 N–H and O–H groups in total. The third-order valence-corrected chi connectivity index (χ3v) is 21.7. The van der Waals surface area contributed by atoms with Gasteiger partial charge in [0.05, 0.1) is 17.8 Å². The molecule has 0 saturated carbocycles. The fraction of sp³-hybridized carbons (Fsp3) is 0.557. The second-order valence-corrected chi connectivity index (χ2v) is 33.7. The Kier molecular flexibility index (Phi) is 25.1. The van der Waals surface area contributed by atoms with Gasteiger partial charge in [-0.25, -0.2) is 9.59 Å². The molecule has 0 aromatic heterocycles. The number of likely N-dealkylation sites (tertiary alicyclic amines) is 2. The van der Waals surface area contributed by atoms with Crippen molar-refractivity contribution in [2.24, 2.45) is 5.41 Å². The first-order valence-corrected chi connectivity index (χ1v) is 37.5. The summed E-state index contributed by atoms with van der Waals surface area (Å²) < 4.78 is 9.93. The van der Waals surface area contributed by atoms with Crippen LogP contribution in [0.1, 0.15) is 208 Å². The highest BCUT2D eigenvalue weighted by atomic mass is 32.2. The van der Waals surface area contributed by atoms with Crippen LogP contribution < -0.4 is 31.9 Å². The number of piperidine rings is 1. The molecule has 11 amide bonds. The molecule has 3 heterocycles. The first-order valence-electron chi connectivity index (χ1n) is 36.5. The van der Waals surface area contributed by atoms with Crippen molar-refractivity contribution >= 4 is 82.8 Å². The van der Waals surface area contributed by atoms with Gasteiger partial charge in [0.15, 0.2) is 0 Å². The van der Waals surface area contributed by atoms with Crippen LogP contribution in [0, 0.1) is 5.41 Å². The molecule has 3 aliphatic heterocycles. The summed E-state index contributed by atoms with van der Waals surface area (Å²) in [7, 11) is 2.87. The van der Waals surface area contributed by atoms with E-state index in [-0.39, 0.29) is 60.8 Å². The fourth-order valence-corrected chi connectivity index (χ4v) is 15.1. The van der Waals surface area contributed by atoms with Crippen molar-refractivity contribution in [1.29, 1.82) is 0 Å². The molecule has 4 aromatic rings. The number of nitrogens with one attached hydrogen (secondary N) is 6. The smallest absolute Gasteiger partial charge is 0.410 e. The lowest BCUT2D eigenvalue weighted by Gasteiger charge is -2.43. The van der Waals surface area contributed by atoms with E-state index in [1.54, 1.807) is 88.3 Å². The number of nitrogens with zero attached hydrogens (tertiary/aromatic N) is 5. The Labute approximate surface area is 616 Å². The molecule has 5 aliphatic rings. The molecule has 24 nitrogen and oxygen atoms in total. The predicted molar refractivity (Wildman–Crippen MR) is 398 cm³/mol. The topological polar surface area (TPSA) is 295 Å². The minimum absolute atomic E-state index is 0.0117. The van der Waals surface area contributed by atoms with Gasteiger partial charge in [-0.05, 0) is 209 Å². The number of rotatable bonds is 20. The monoisotopic (exact) mass is 1450 g/mol. The number of ether oxygens (including phenoxy) is 2. The van der Waals surface area contributed by atoms with E-state index in [9.17, 15) is 38.4 Å².